The average molecular weight is 377 g/mol. The summed E-state index contributed by atoms with van der Waals surface area (Å²) in [5.74, 6) is 0.264. The van der Waals surface area contributed by atoms with Crippen LogP contribution in [0.15, 0.2) is 18.2 Å². The lowest BCUT2D eigenvalue weighted by Crippen LogP contribution is -2.66. The zero-order valence-electron chi connectivity index (χ0n) is 16.3. The van der Waals surface area contributed by atoms with Crippen LogP contribution in [-0.4, -0.2) is 62.1 Å². The maximum absolute atomic E-state index is 12.2. The summed E-state index contributed by atoms with van der Waals surface area (Å²) in [4.78, 5) is 30.5. The quantitative estimate of drug-likeness (QED) is 0.806. The number of nitrogens with zero attached hydrogens (tertiary/aromatic N) is 2. The molecule has 0 saturated carbocycles. The van der Waals surface area contributed by atoms with Gasteiger partial charge in [0.25, 0.3) is 0 Å². The van der Waals surface area contributed by atoms with E-state index in [-0.39, 0.29) is 17.2 Å². The highest BCUT2D eigenvalue weighted by Crippen LogP contribution is 2.38. The zero-order valence-corrected chi connectivity index (χ0v) is 16.3. The van der Waals surface area contributed by atoms with Crippen LogP contribution in [0, 0.1) is 5.41 Å². The molecule has 0 radical (unpaired) electrons. The van der Waals surface area contributed by atoms with Gasteiger partial charge in [-0.2, -0.15) is 0 Å². The van der Waals surface area contributed by atoms with Gasteiger partial charge in [-0.15, -0.1) is 0 Å². The van der Waals surface area contributed by atoms with Crippen LogP contribution in [0.2, 0.25) is 0 Å². The van der Waals surface area contributed by atoms with Crippen molar-refractivity contribution in [2.24, 2.45) is 5.41 Å². The highest BCUT2D eigenvalue weighted by Gasteiger charge is 2.50. The summed E-state index contributed by atoms with van der Waals surface area (Å²) in [5.41, 5.74) is -0.437. The van der Waals surface area contributed by atoms with Crippen LogP contribution in [-0.2, 0) is 14.2 Å². The average Bonchev–Trinajstić information content (AvgIpc) is 2.58. The van der Waals surface area contributed by atoms with Crippen molar-refractivity contribution in [1.29, 1.82) is 0 Å². The smallest absolute Gasteiger partial charge is 0.407 e. The molecule has 3 heterocycles. The van der Waals surface area contributed by atoms with Gasteiger partial charge in [0, 0.05) is 19.1 Å². The fourth-order valence-corrected chi connectivity index (χ4v) is 3.51. The Morgan fingerprint density at radius 3 is 2.67 bits per heavy atom. The molecule has 8 nitrogen and oxygen atoms in total. The summed E-state index contributed by atoms with van der Waals surface area (Å²) in [5, 5.41) is 3.02. The van der Waals surface area contributed by atoms with Gasteiger partial charge in [-0.3, -0.25) is 0 Å². The van der Waals surface area contributed by atoms with Crippen LogP contribution in [0.1, 0.15) is 37.7 Å². The topological polar surface area (TPSA) is 90.0 Å². The van der Waals surface area contributed by atoms with Crippen molar-refractivity contribution in [3.05, 3.63) is 23.9 Å². The lowest BCUT2D eigenvalue weighted by atomic mass is 9.74. The predicted octanol–water partition coefficient (Wildman–Crippen LogP) is 1.99. The monoisotopic (exact) mass is 377 g/mol. The van der Waals surface area contributed by atoms with Crippen LogP contribution >= 0.6 is 0 Å². The van der Waals surface area contributed by atoms with Crippen molar-refractivity contribution in [2.45, 2.75) is 38.8 Å². The fourth-order valence-electron chi connectivity index (χ4n) is 3.51. The summed E-state index contributed by atoms with van der Waals surface area (Å²) < 4.78 is 15.6. The van der Waals surface area contributed by atoms with Crippen molar-refractivity contribution in [2.75, 3.05) is 38.3 Å². The third-order valence-corrected chi connectivity index (χ3v) is 4.86. The molecule has 8 heteroatoms. The number of nitrogens with one attached hydrogen (secondary N) is 1. The van der Waals surface area contributed by atoms with E-state index in [1.807, 2.05) is 26.8 Å². The molecule has 148 valence electrons. The van der Waals surface area contributed by atoms with Crippen molar-refractivity contribution < 1.29 is 23.8 Å². The van der Waals surface area contributed by atoms with Crippen molar-refractivity contribution in [3.8, 4) is 0 Å². The Kier molecular flexibility index (Phi) is 5.28. The maximum atomic E-state index is 12.2. The molecule has 1 atom stereocenters. The lowest BCUT2D eigenvalue weighted by Gasteiger charge is -2.53. The maximum Gasteiger partial charge on any atom is 0.407 e. The number of esters is 1. The van der Waals surface area contributed by atoms with E-state index < -0.39 is 17.7 Å². The number of methoxy groups -OCH3 is 1. The molecule has 2 aliphatic rings. The molecule has 0 aromatic carbocycles. The first-order valence-electron chi connectivity index (χ1n) is 9.10. The van der Waals surface area contributed by atoms with E-state index in [2.05, 4.69) is 15.2 Å². The minimum Gasteiger partial charge on any atom is -0.464 e. The number of hydrogen-bond acceptors (Lipinski definition) is 7. The molecule has 1 N–H and O–H groups in total. The van der Waals surface area contributed by atoms with Crippen LogP contribution in [0.25, 0.3) is 0 Å². The number of carbonyl (C=O) groups excluding carboxylic acids is 2. The van der Waals surface area contributed by atoms with Crippen molar-refractivity contribution in [3.63, 3.8) is 0 Å². The van der Waals surface area contributed by atoms with E-state index in [4.69, 9.17) is 14.2 Å². The van der Waals surface area contributed by atoms with Crippen molar-refractivity contribution >= 4 is 17.9 Å². The van der Waals surface area contributed by atoms with Crippen LogP contribution in [0.3, 0.4) is 0 Å². The van der Waals surface area contributed by atoms with Gasteiger partial charge in [0.2, 0.25) is 0 Å². The minimum atomic E-state index is -0.535. The highest BCUT2D eigenvalue weighted by molar-refractivity contribution is 5.87. The molecule has 2 fully saturated rings. The summed E-state index contributed by atoms with van der Waals surface area (Å²) in [6.07, 6.45) is 0.338. The molecule has 2 aliphatic heterocycles. The number of rotatable bonds is 3. The summed E-state index contributed by atoms with van der Waals surface area (Å²) in [6.45, 7) is 8.07. The van der Waals surface area contributed by atoms with Gasteiger partial charge in [0.1, 0.15) is 11.4 Å². The normalized spacial score (nSPS) is 21.3. The second kappa shape index (κ2) is 7.34. The molecule has 1 spiro atoms. The van der Waals surface area contributed by atoms with Crippen molar-refractivity contribution in [1.82, 2.24) is 10.3 Å². The highest BCUT2D eigenvalue weighted by atomic mass is 16.6. The molecule has 0 bridgehead atoms. The van der Waals surface area contributed by atoms with E-state index in [1.54, 1.807) is 12.1 Å². The van der Waals surface area contributed by atoms with E-state index in [0.29, 0.717) is 26.3 Å². The molecule has 1 aromatic heterocycles. The Hall–Kier alpha value is -2.35. The first-order chi connectivity index (χ1) is 12.7. The number of carbonyl (C=O) groups is 2. The molecule has 0 aliphatic carbocycles. The number of alkyl carbamates (subject to hydrolysis) is 1. The van der Waals surface area contributed by atoms with Gasteiger partial charge in [-0.25, -0.2) is 14.6 Å². The predicted molar refractivity (Wildman–Crippen MR) is 98.8 cm³/mol. The number of hydrogen-bond donors (Lipinski definition) is 1. The first kappa shape index (κ1) is 19.4. The molecule has 1 amide bonds. The van der Waals surface area contributed by atoms with Gasteiger partial charge in [-0.1, -0.05) is 6.07 Å². The number of amides is 1. The number of ether oxygens (including phenoxy) is 3. The summed E-state index contributed by atoms with van der Waals surface area (Å²) in [7, 11) is 1.34. The standard InChI is InChI=1S/C19H27N3O5/c1-18(2,3)27-17(24)21-14-8-9-22(10-19(14)11-26-12-19)15-7-5-6-13(20-15)16(23)25-4/h5-7,14H,8-12H2,1-4H3,(H,21,24). The fraction of sp³-hybridized carbons (Fsp3) is 0.632. The number of aromatic nitrogens is 1. The molecule has 1 unspecified atom stereocenters. The third-order valence-electron chi connectivity index (χ3n) is 4.86. The Labute approximate surface area is 159 Å². The largest absolute Gasteiger partial charge is 0.464 e. The van der Waals surface area contributed by atoms with E-state index in [9.17, 15) is 9.59 Å². The molecule has 1 aromatic rings. The zero-order chi connectivity index (χ0) is 19.7. The minimum absolute atomic E-state index is 0.0267. The Morgan fingerprint density at radius 1 is 1.33 bits per heavy atom. The lowest BCUT2D eigenvalue weighted by molar-refractivity contribution is -0.133. The van der Waals surface area contributed by atoms with Crippen LogP contribution in [0.5, 0.6) is 0 Å². The summed E-state index contributed by atoms with van der Waals surface area (Å²) >= 11 is 0. The summed E-state index contributed by atoms with van der Waals surface area (Å²) in [6, 6.07) is 5.28. The second-order valence-corrected chi connectivity index (χ2v) is 8.14. The second-order valence-electron chi connectivity index (χ2n) is 8.14. The SMILES string of the molecule is COC(=O)c1cccc(N2CCC(NC(=O)OC(C)(C)C)C3(COC3)C2)n1. The Bertz CT molecular complexity index is 712. The van der Waals surface area contributed by atoms with E-state index >= 15 is 0 Å². The number of pyridine rings is 1. The van der Waals surface area contributed by atoms with Gasteiger partial charge in [-0.05, 0) is 39.3 Å². The molecule has 2 saturated heterocycles. The molecule has 3 rings (SSSR count). The van der Waals surface area contributed by atoms with E-state index in [1.165, 1.54) is 7.11 Å². The van der Waals surface area contributed by atoms with Gasteiger partial charge >= 0.3 is 12.1 Å². The Balaban J connectivity index is 1.71. The Morgan fingerprint density at radius 2 is 2.07 bits per heavy atom. The number of anilines is 1. The van der Waals surface area contributed by atoms with Crippen LogP contribution < -0.4 is 10.2 Å². The van der Waals surface area contributed by atoms with E-state index in [0.717, 1.165) is 12.2 Å². The molecule has 27 heavy (non-hydrogen) atoms. The first-order valence-corrected chi connectivity index (χ1v) is 9.10. The van der Waals surface area contributed by atoms with Gasteiger partial charge in [0.15, 0.2) is 5.69 Å². The van der Waals surface area contributed by atoms with Crippen LogP contribution in [0.4, 0.5) is 10.6 Å². The molecular formula is C19H27N3O5. The van der Waals surface area contributed by atoms with Gasteiger partial charge in [0.05, 0.1) is 25.7 Å². The van der Waals surface area contributed by atoms with Gasteiger partial charge < -0.3 is 24.4 Å². The third kappa shape index (κ3) is 4.32. The molecular weight excluding hydrogens is 350 g/mol. The number of piperidine rings is 1.